The van der Waals surface area contributed by atoms with Gasteiger partial charge in [0.15, 0.2) is 0 Å². The van der Waals surface area contributed by atoms with E-state index in [1.54, 1.807) is 0 Å². The van der Waals surface area contributed by atoms with Crippen molar-refractivity contribution in [3.63, 3.8) is 0 Å². The third-order valence-electron chi connectivity index (χ3n) is 2.51. The molecular weight excluding hydrogens is 138 g/mol. The highest BCUT2D eigenvalue weighted by Gasteiger charge is 2.29. The molecule has 1 fully saturated rings. The van der Waals surface area contributed by atoms with Gasteiger partial charge in [0.05, 0.1) is 6.10 Å². The van der Waals surface area contributed by atoms with Crippen LogP contribution in [0.4, 0.5) is 0 Å². The van der Waals surface area contributed by atoms with E-state index in [-0.39, 0.29) is 0 Å². The number of nitrogens with one attached hydrogen (secondary N) is 1. The predicted octanol–water partition coefficient (Wildman–Crippen LogP) is 1.27. The van der Waals surface area contributed by atoms with Crippen LogP contribution in [0.15, 0.2) is 0 Å². The molecule has 11 heavy (non-hydrogen) atoms. The summed E-state index contributed by atoms with van der Waals surface area (Å²) in [5.74, 6) is 1.43. The second-order valence-electron chi connectivity index (χ2n) is 3.66. The fraction of sp³-hybridized carbons (Fsp3) is 1.00. The number of hydrogen-bond acceptors (Lipinski definition) is 2. The minimum absolute atomic E-state index is 0.530. The van der Waals surface area contributed by atoms with Gasteiger partial charge in [-0.25, -0.2) is 0 Å². The molecule has 0 aromatic carbocycles. The first-order chi connectivity index (χ1) is 5.25. The van der Waals surface area contributed by atoms with Gasteiger partial charge in [0.2, 0.25) is 0 Å². The van der Waals surface area contributed by atoms with Crippen LogP contribution in [0.25, 0.3) is 0 Å². The Labute approximate surface area is 69.3 Å². The summed E-state index contributed by atoms with van der Waals surface area (Å²) in [4.78, 5) is 0. The highest BCUT2D eigenvalue weighted by molar-refractivity contribution is 4.79. The maximum atomic E-state index is 5.47. The average molecular weight is 157 g/mol. The Hall–Kier alpha value is -0.0800. The van der Waals surface area contributed by atoms with Crippen LogP contribution in [0.1, 0.15) is 20.3 Å². The maximum absolute atomic E-state index is 5.47. The first kappa shape index (κ1) is 9.01. The Kier molecular flexibility index (Phi) is 3.34. The standard InChI is InChI=1S/C9H19NO/c1-7(2)8(6-10-3)9-4-5-11-9/h7-10H,4-6H2,1-3H3. The normalized spacial score (nSPS) is 26.7. The van der Waals surface area contributed by atoms with E-state index < -0.39 is 0 Å². The summed E-state index contributed by atoms with van der Waals surface area (Å²) in [5, 5.41) is 3.22. The molecule has 66 valence electrons. The van der Waals surface area contributed by atoms with Crippen molar-refractivity contribution >= 4 is 0 Å². The first-order valence-corrected chi connectivity index (χ1v) is 4.52. The van der Waals surface area contributed by atoms with Crippen LogP contribution in [0.3, 0.4) is 0 Å². The zero-order chi connectivity index (χ0) is 8.27. The molecule has 1 aliphatic rings. The van der Waals surface area contributed by atoms with Crippen molar-refractivity contribution in [2.75, 3.05) is 20.2 Å². The van der Waals surface area contributed by atoms with E-state index in [1.165, 1.54) is 6.42 Å². The molecule has 1 aliphatic heterocycles. The van der Waals surface area contributed by atoms with Crippen LogP contribution in [0.5, 0.6) is 0 Å². The van der Waals surface area contributed by atoms with Crippen molar-refractivity contribution in [3.05, 3.63) is 0 Å². The van der Waals surface area contributed by atoms with Crippen molar-refractivity contribution in [1.82, 2.24) is 5.32 Å². The molecule has 1 N–H and O–H groups in total. The van der Waals surface area contributed by atoms with Gasteiger partial charge >= 0.3 is 0 Å². The van der Waals surface area contributed by atoms with E-state index >= 15 is 0 Å². The summed E-state index contributed by atoms with van der Waals surface area (Å²) >= 11 is 0. The summed E-state index contributed by atoms with van der Waals surface area (Å²) in [6, 6.07) is 0. The molecule has 2 heteroatoms. The molecule has 0 amide bonds. The summed E-state index contributed by atoms with van der Waals surface area (Å²) in [7, 11) is 2.01. The van der Waals surface area contributed by atoms with E-state index in [4.69, 9.17) is 4.74 Å². The van der Waals surface area contributed by atoms with Gasteiger partial charge in [-0.1, -0.05) is 13.8 Å². The second kappa shape index (κ2) is 4.07. The minimum atomic E-state index is 0.530. The molecule has 1 rings (SSSR count). The fourth-order valence-corrected chi connectivity index (χ4v) is 1.62. The SMILES string of the molecule is CNCC(C(C)C)C1CCO1. The largest absolute Gasteiger partial charge is 0.378 e. The highest BCUT2D eigenvalue weighted by Crippen LogP contribution is 2.25. The lowest BCUT2D eigenvalue weighted by Crippen LogP contribution is -2.41. The highest BCUT2D eigenvalue weighted by atomic mass is 16.5. The van der Waals surface area contributed by atoms with Crippen molar-refractivity contribution in [2.45, 2.75) is 26.4 Å². The zero-order valence-electron chi connectivity index (χ0n) is 7.76. The van der Waals surface area contributed by atoms with Crippen molar-refractivity contribution in [3.8, 4) is 0 Å². The van der Waals surface area contributed by atoms with Crippen LogP contribution in [-0.4, -0.2) is 26.3 Å². The minimum Gasteiger partial charge on any atom is -0.378 e. The van der Waals surface area contributed by atoms with Crippen LogP contribution in [0.2, 0.25) is 0 Å². The predicted molar refractivity (Wildman–Crippen MR) is 46.6 cm³/mol. The van der Waals surface area contributed by atoms with Crippen LogP contribution in [-0.2, 0) is 4.74 Å². The molecule has 0 aromatic heterocycles. The summed E-state index contributed by atoms with van der Waals surface area (Å²) < 4.78 is 5.47. The van der Waals surface area contributed by atoms with Crippen molar-refractivity contribution in [1.29, 1.82) is 0 Å². The molecule has 0 spiro atoms. The van der Waals surface area contributed by atoms with Gasteiger partial charge in [-0.05, 0) is 25.3 Å². The molecule has 1 heterocycles. The topological polar surface area (TPSA) is 21.3 Å². The maximum Gasteiger partial charge on any atom is 0.0639 e. The van der Waals surface area contributed by atoms with Gasteiger partial charge in [0, 0.05) is 13.2 Å². The summed E-state index contributed by atoms with van der Waals surface area (Å²) in [6.07, 6.45) is 1.78. The summed E-state index contributed by atoms with van der Waals surface area (Å²) in [6.45, 7) is 6.59. The third kappa shape index (κ3) is 2.17. The van der Waals surface area contributed by atoms with Gasteiger partial charge in [-0.3, -0.25) is 0 Å². The Balaban J connectivity index is 2.31. The third-order valence-corrected chi connectivity index (χ3v) is 2.51. The number of hydrogen-bond donors (Lipinski definition) is 1. The number of ether oxygens (including phenoxy) is 1. The molecular formula is C9H19NO. The van der Waals surface area contributed by atoms with E-state index in [9.17, 15) is 0 Å². The molecule has 0 aromatic rings. The van der Waals surface area contributed by atoms with E-state index in [1.807, 2.05) is 7.05 Å². The molecule has 0 radical (unpaired) electrons. The van der Waals surface area contributed by atoms with Crippen molar-refractivity contribution < 1.29 is 4.74 Å². The van der Waals surface area contributed by atoms with Crippen LogP contribution in [0, 0.1) is 11.8 Å². The summed E-state index contributed by atoms with van der Waals surface area (Å²) in [5.41, 5.74) is 0. The van der Waals surface area contributed by atoms with Gasteiger partial charge in [-0.2, -0.15) is 0 Å². The monoisotopic (exact) mass is 157 g/mol. The second-order valence-corrected chi connectivity index (χ2v) is 3.66. The zero-order valence-corrected chi connectivity index (χ0v) is 7.76. The van der Waals surface area contributed by atoms with E-state index in [2.05, 4.69) is 19.2 Å². The Morgan fingerprint density at radius 2 is 2.18 bits per heavy atom. The molecule has 0 saturated carbocycles. The molecule has 2 atom stereocenters. The lowest BCUT2D eigenvalue weighted by atomic mass is 9.86. The van der Waals surface area contributed by atoms with E-state index in [0.717, 1.165) is 19.1 Å². The molecule has 2 unspecified atom stereocenters. The molecule has 0 bridgehead atoms. The van der Waals surface area contributed by atoms with E-state index in [0.29, 0.717) is 12.0 Å². The van der Waals surface area contributed by atoms with Crippen LogP contribution < -0.4 is 5.32 Å². The first-order valence-electron chi connectivity index (χ1n) is 4.52. The molecule has 2 nitrogen and oxygen atoms in total. The Morgan fingerprint density at radius 1 is 1.55 bits per heavy atom. The Morgan fingerprint density at radius 3 is 2.45 bits per heavy atom. The van der Waals surface area contributed by atoms with Crippen molar-refractivity contribution in [2.24, 2.45) is 11.8 Å². The average Bonchev–Trinajstić information content (AvgIpc) is 1.82. The number of rotatable bonds is 4. The van der Waals surface area contributed by atoms with Gasteiger partial charge < -0.3 is 10.1 Å². The fourth-order valence-electron chi connectivity index (χ4n) is 1.62. The van der Waals surface area contributed by atoms with Gasteiger partial charge in [0.25, 0.3) is 0 Å². The quantitative estimate of drug-likeness (QED) is 0.663. The molecule has 1 saturated heterocycles. The lowest BCUT2D eigenvalue weighted by Gasteiger charge is -2.36. The Bertz CT molecular complexity index is 110. The smallest absolute Gasteiger partial charge is 0.0639 e. The van der Waals surface area contributed by atoms with Crippen LogP contribution >= 0.6 is 0 Å². The lowest BCUT2D eigenvalue weighted by molar-refractivity contribution is -0.0939. The van der Waals surface area contributed by atoms with Gasteiger partial charge in [-0.15, -0.1) is 0 Å². The van der Waals surface area contributed by atoms with Gasteiger partial charge in [0.1, 0.15) is 0 Å². The molecule has 0 aliphatic carbocycles.